The highest BCUT2D eigenvalue weighted by Crippen LogP contribution is 2.26. The van der Waals surface area contributed by atoms with Gasteiger partial charge in [-0.25, -0.2) is 5.84 Å². The first-order valence-corrected chi connectivity index (χ1v) is 5.79. The molecular formula is C12H11Cl2N3. The van der Waals surface area contributed by atoms with Crippen molar-refractivity contribution in [3.8, 4) is 0 Å². The van der Waals surface area contributed by atoms with Gasteiger partial charge in [0.25, 0.3) is 0 Å². The first kappa shape index (κ1) is 12.2. The summed E-state index contributed by atoms with van der Waals surface area (Å²) in [6, 6.07) is 9.08. The van der Waals surface area contributed by atoms with E-state index in [4.69, 9.17) is 29.0 Å². The highest BCUT2D eigenvalue weighted by atomic mass is 35.5. The zero-order chi connectivity index (χ0) is 12.3. The van der Waals surface area contributed by atoms with Gasteiger partial charge in [0.15, 0.2) is 0 Å². The Morgan fingerprint density at radius 3 is 2.41 bits per heavy atom. The predicted octanol–water partition coefficient (Wildman–Crippen LogP) is 3.27. The molecule has 17 heavy (non-hydrogen) atoms. The molecule has 1 aromatic heterocycles. The standard InChI is InChI=1S/C12H11Cl2N3/c13-11-4-1-5-12(14)10(11)8-17(15)9-3-2-6-16-7-9/h1-7H,8,15H2. The van der Waals surface area contributed by atoms with Crippen LogP contribution in [0.15, 0.2) is 42.7 Å². The minimum atomic E-state index is 0.435. The Bertz CT molecular complexity index is 482. The summed E-state index contributed by atoms with van der Waals surface area (Å²) in [5.41, 5.74) is 1.62. The molecule has 2 aromatic rings. The van der Waals surface area contributed by atoms with Gasteiger partial charge in [0.2, 0.25) is 0 Å². The van der Waals surface area contributed by atoms with Gasteiger partial charge in [-0.15, -0.1) is 0 Å². The van der Waals surface area contributed by atoms with Gasteiger partial charge >= 0.3 is 0 Å². The van der Waals surface area contributed by atoms with Crippen LogP contribution in [-0.4, -0.2) is 4.98 Å². The second kappa shape index (κ2) is 5.36. The average molecular weight is 268 g/mol. The number of hydrogen-bond donors (Lipinski definition) is 1. The number of anilines is 1. The largest absolute Gasteiger partial charge is 0.305 e. The third-order valence-corrected chi connectivity index (χ3v) is 3.08. The molecular weight excluding hydrogens is 257 g/mol. The van der Waals surface area contributed by atoms with Crippen molar-refractivity contribution in [1.82, 2.24) is 4.98 Å². The molecule has 0 bridgehead atoms. The van der Waals surface area contributed by atoms with Gasteiger partial charge in [0.1, 0.15) is 0 Å². The molecule has 0 amide bonds. The van der Waals surface area contributed by atoms with Crippen molar-refractivity contribution in [2.75, 3.05) is 5.01 Å². The number of aromatic nitrogens is 1. The number of nitrogens with zero attached hydrogens (tertiary/aromatic N) is 2. The Morgan fingerprint density at radius 1 is 1.12 bits per heavy atom. The maximum atomic E-state index is 6.08. The first-order valence-electron chi connectivity index (χ1n) is 5.03. The number of rotatable bonds is 3. The van der Waals surface area contributed by atoms with Crippen LogP contribution in [0, 0.1) is 0 Å². The summed E-state index contributed by atoms with van der Waals surface area (Å²) in [6.07, 6.45) is 3.38. The van der Waals surface area contributed by atoms with Gasteiger partial charge < -0.3 is 5.01 Å². The van der Waals surface area contributed by atoms with Gasteiger partial charge in [0.05, 0.1) is 18.4 Å². The van der Waals surface area contributed by atoms with Crippen LogP contribution in [0.2, 0.25) is 10.0 Å². The second-order valence-electron chi connectivity index (χ2n) is 3.54. The summed E-state index contributed by atoms with van der Waals surface area (Å²) in [5, 5.41) is 2.77. The Morgan fingerprint density at radius 2 is 1.82 bits per heavy atom. The number of pyridine rings is 1. The topological polar surface area (TPSA) is 42.1 Å². The number of benzene rings is 1. The van der Waals surface area contributed by atoms with Gasteiger partial charge in [0, 0.05) is 21.8 Å². The fourth-order valence-corrected chi connectivity index (χ4v) is 1.99. The summed E-state index contributed by atoms with van der Waals surface area (Å²) in [7, 11) is 0. The summed E-state index contributed by atoms with van der Waals surface area (Å²) < 4.78 is 0. The molecule has 0 unspecified atom stereocenters. The summed E-state index contributed by atoms with van der Waals surface area (Å²) >= 11 is 12.2. The molecule has 2 N–H and O–H groups in total. The molecule has 88 valence electrons. The molecule has 5 heteroatoms. The van der Waals surface area contributed by atoms with E-state index in [-0.39, 0.29) is 0 Å². The van der Waals surface area contributed by atoms with Gasteiger partial charge in [-0.1, -0.05) is 29.3 Å². The molecule has 0 saturated heterocycles. The smallest absolute Gasteiger partial charge is 0.0704 e. The lowest BCUT2D eigenvalue weighted by Gasteiger charge is -2.19. The summed E-state index contributed by atoms with van der Waals surface area (Å²) in [6.45, 7) is 0.435. The van der Waals surface area contributed by atoms with E-state index in [9.17, 15) is 0 Å². The lowest BCUT2D eigenvalue weighted by Crippen LogP contribution is -2.30. The number of nitrogens with two attached hydrogens (primary N) is 1. The molecule has 0 spiro atoms. The Labute approximate surface area is 110 Å². The van der Waals surface area contributed by atoms with Gasteiger partial charge in [-0.05, 0) is 24.3 Å². The van der Waals surface area contributed by atoms with Gasteiger partial charge in [-0.3, -0.25) is 4.98 Å². The zero-order valence-corrected chi connectivity index (χ0v) is 10.5. The normalized spacial score (nSPS) is 10.3. The van der Waals surface area contributed by atoms with E-state index >= 15 is 0 Å². The molecule has 2 rings (SSSR count). The van der Waals surface area contributed by atoms with E-state index in [0.717, 1.165) is 11.3 Å². The molecule has 0 radical (unpaired) electrons. The summed E-state index contributed by atoms with van der Waals surface area (Å²) in [4.78, 5) is 4.00. The predicted molar refractivity (Wildman–Crippen MR) is 71.1 cm³/mol. The van der Waals surface area contributed by atoms with Crippen LogP contribution >= 0.6 is 23.2 Å². The van der Waals surface area contributed by atoms with E-state index in [1.54, 1.807) is 35.6 Å². The van der Waals surface area contributed by atoms with E-state index in [0.29, 0.717) is 16.6 Å². The average Bonchev–Trinajstić information content (AvgIpc) is 2.35. The van der Waals surface area contributed by atoms with Crippen LogP contribution in [0.1, 0.15) is 5.56 Å². The lowest BCUT2D eigenvalue weighted by atomic mass is 10.2. The fraction of sp³-hybridized carbons (Fsp3) is 0.0833. The minimum Gasteiger partial charge on any atom is -0.305 e. The Balaban J connectivity index is 2.22. The monoisotopic (exact) mass is 267 g/mol. The van der Waals surface area contributed by atoms with E-state index in [2.05, 4.69) is 4.98 Å². The quantitative estimate of drug-likeness (QED) is 0.686. The van der Waals surface area contributed by atoms with Crippen LogP contribution in [0.3, 0.4) is 0 Å². The Hall–Kier alpha value is -1.29. The van der Waals surface area contributed by atoms with Crippen molar-refractivity contribution >= 4 is 28.9 Å². The molecule has 1 heterocycles. The third kappa shape index (κ3) is 2.88. The van der Waals surface area contributed by atoms with Crippen molar-refractivity contribution in [1.29, 1.82) is 0 Å². The fourth-order valence-electron chi connectivity index (χ4n) is 1.47. The molecule has 0 saturated carbocycles. The van der Waals surface area contributed by atoms with Crippen LogP contribution in [0.25, 0.3) is 0 Å². The molecule has 0 fully saturated rings. The number of halogens is 2. The molecule has 0 aliphatic rings. The van der Waals surface area contributed by atoms with Crippen molar-refractivity contribution < 1.29 is 0 Å². The van der Waals surface area contributed by atoms with Crippen molar-refractivity contribution in [2.45, 2.75) is 6.54 Å². The maximum Gasteiger partial charge on any atom is 0.0704 e. The molecule has 1 aromatic carbocycles. The maximum absolute atomic E-state index is 6.08. The van der Waals surface area contributed by atoms with Crippen LogP contribution < -0.4 is 10.9 Å². The molecule has 0 aliphatic carbocycles. The molecule has 3 nitrogen and oxygen atoms in total. The zero-order valence-electron chi connectivity index (χ0n) is 8.98. The van der Waals surface area contributed by atoms with Crippen molar-refractivity contribution in [3.63, 3.8) is 0 Å². The van der Waals surface area contributed by atoms with Gasteiger partial charge in [-0.2, -0.15) is 0 Å². The van der Waals surface area contributed by atoms with Crippen LogP contribution in [0.5, 0.6) is 0 Å². The molecule has 0 atom stereocenters. The first-order chi connectivity index (χ1) is 8.18. The second-order valence-corrected chi connectivity index (χ2v) is 4.35. The highest BCUT2D eigenvalue weighted by Gasteiger charge is 2.09. The Kier molecular flexibility index (Phi) is 3.84. The SMILES string of the molecule is NN(Cc1c(Cl)cccc1Cl)c1cccnc1. The number of hydrazine groups is 1. The lowest BCUT2D eigenvalue weighted by molar-refractivity contribution is 0.849. The van der Waals surface area contributed by atoms with E-state index < -0.39 is 0 Å². The van der Waals surface area contributed by atoms with Crippen molar-refractivity contribution in [3.05, 3.63) is 58.3 Å². The van der Waals surface area contributed by atoms with Crippen LogP contribution in [0.4, 0.5) is 5.69 Å². The number of hydrogen-bond acceptors (Lipinski definition) is 3. The highest BCUT2D eigenvalue weighted by molar-refractivity contribution is 6.36. The van der Waals surface area contributed by atoms with Crippen LogP contribution in [-0.2, 0) is 6.54 Å². The van der Waals surface area contributed by atoms with E-state index in [1.807, 2.05) is 12.1 Å². The summed E-state index contributed by atoms with van der Waals surface area (Å²) in [5.74, 6) is 5.94. The third-order valence-electron chi connectivity index (χ3n) is 2.37. The van der Waals surface area contributed by atoms with Crippen molar-refractivity contribution in [2.24, 2.45) is 5.84 Å². The molecule has 0 aliphatic heterocycles. The minimum absolute atomic E-state index is 0.435. The van der Waals surface area contributed by atoms with E-state index in [1.165, 1.54) is 0 Å².